The summed E-state index contributed by atoms with van der Waals surface area (Å²) >= 11 is 17.7. The van der Waals surface area contributed by atoms with Crippen molar-refractivity contribution in [1.29, 1.82) is 0 Å². The largest absolute Gasteiger partial charge is 2.00 e. The first-order valence-electron chi connectivity index (χ1n) is 1.73. The molecule has 1 aromatic heterocycles. The van der Waals surface area contributed by atoms with Gasteiger partial charge < -0.3 is 12.4 Å². The fourth-order valence-corrected chi connectivity index (χ4v) is 1.48. The van der Waals surface area contributed by atoms with E-state index < -0.39 is 0 Å². The van der Waals surface area contributed by atoms with Gasteiger partial charge in [-0.15, -0.1) is 17.0 Å². The van der Waals surface area contributed by atoms with Crippen molar-refractivity contribution in [2.45, 2.75) is 0 Å². The quantitative estimate of drug-likeness (QED) is 0.451. The molecular formula is C4Cl4MgS. The first kappa shape index (κ1) is 14.2. The van der Waals surface area contributed by atoms with Gasteiger partial charge in [0.25, 0.3) is 0 Å². The number of hydrogen-bond acceptors (Lipinski definition) is 1. The van der Waals surface area contributed by atoms with Crippen LogP contribution >= 0.6 is 46.1 Å². The average Bonchev–Trinajstić information content (AvgIpc) is 1.98. The molecule has 0 radical (unpaired) electrons. The van der Waals surface area contributed by atoms with E-state index in [9.17, 15) is 0 Å². The van der Waals surface area contributed by atoms with Crippen molar-refractivity contribution < 1.29 is 12.4 Å². The van der Waals surface area contributed by atoms with Crippen molar-refractivity contribution in [2.75, 3.05) is 0 Å². The van der Waals surface area contributed by atoms with Crippen LogP contribution < -0.4 is 12.4 Å². The van der Waals surface area contributed by atoms with E-state index in [1.807, 2.05) is 0 Å². The smallest absolute Gasteiger partial charge is 1.00 e. The van der Waals surface area contributed by atoms with Gasteiger partial charge in [-0.05, 0) is 4.34 Å². The van der Waals surface area contributed by atoms with Crippen LogP contribution in [0, 0.1) is 5.38 Å². The molecule has 6 heteroatoms. The van der Waals surface area contributed by atoms with Crippen molar-refractivity contribution in [3.63, 3.8) is 0 Å². The zero-order valence-corrected chi connectivity index (χ0v) is 9.88. The zero-order valence-electron chi connectivity index (χ0n) is 4.63. The standard InChI is InChI=1S/C4Cl3S.ClH.Mg/c5-2-1-8-4(7)3(2)6;;/h;1H;/q-1;;+2/p-1. The molecule has 0 N–H and O–H groups in total. The Hall–Kier alpha value is 1.63. The van der Waals surface area contributed by atoms with Gasteiger partial charge in [-0.25, -0.2) is 0 Å². The summed E-state index contributed by atoms with van der Waals surface area (Å²) in [4.78, 5) is 0. The van der Waals surface area contributed by atoms with Crippen molar-refractivity contribution in [3.8, 4) is 0 Å². The maximum atomic E-state index is 5.51. The molecule has 0 aliphatic heterocycles. The zero-order chi connectivity index (χ0) is 6.15. The third kappa shape index (κ3) is 3.35. The second-order valence-electron chi connectivity index (χ2n) is 1.11. The molecule has 10 heavy (non-hydrogen) atoms. The second-order valence-corrected chi connectivity index (χ2v) is 3.28. The number of hydrogen-bond donors (Lipinski definition) is 0. The molecule has 1 heterocycles. The molecule has 0 nitrogen and oxygen atoms in total. The van der Waals surface area contributed by atoms with E-state index in [0.717, 1.165) is 0 Å². The molecular weight excluding hydrogens is 246 g/mol. The van der Waals surface area contributed by atoms with Crippen LogP contribution in [0.15, 0.2) is 0 Å². The summed E-state index contributed by atoms with van der Waals surface area (Å²) in [5.74, 6) is 0. The minimum absolute atomic E-state index is 0. The SMILES string of the molecule is Clc1[c-]sc(Cl)c1Cl.[Cl-].[Mg+2]. The number of halogens is 4. The Morgan fingerprint density at radius 2 is 1.70 bits per heavy atom. The van der Waals surface area contributed by atoms with Gasteiger partial charge in [0.15, 0.2) is 0 Å². The van der Waals surface area contributed by atoms with Crippen LogP contribution in [0.3, 0.4) is 0 Å². The Morgan fingerprint density at radius 1 is 1.20 bits per heavy atom. The molecule has 0 saturated carbocycles. The second kappa shape index (κ2) is 6.18. The van der Waals surface area contributed by atoms with E-state index in [1.165, 1.54) is 11.3 Å². The monoisotopic (exact) mass is 244 g/mol. The number of rotatable bonds is 0. The van der Waals surface area contributed by atoms with E-state index in [4.69, 9.17) is 34.8 Å². The van der Waals surface area contributed by atoms with Crippen molar-refractivity contribution in [2.24, 2.45) is 0 Å². The Labute approximate surface area is 100 Å². The van der Waals surface area contributed by atoms with E-state index >= 15 is 0 Å². The molecule has 0 bridgehead atoms. The molecule has 0 aliphatic rings. The first-order chi connectivity index (χ1) is 3.72. The summed E-state index contributed by atoms with van der Waals surface area (Å²) in [6.07, 6.45) is 0. The van der Waals surface area contributed by atoms with Crippen LogP contribution in [0.5, 0.6) is 0 Å². The average molecular weight is 246 g/mol. The molecule has 1 rings (SSSR count). The minimum atomic E-state index is 0. The van der Waals surface area contributed by atoms with Crippen LogP contribution in [0.25, 0.3) is 0 Å². The summed E-state index contributed by atoms with van der Waals surface area (Å²) in [6, 6.07) is 0. The van der Waals surface area contributed by atoms with Crippen molar-refractivity contribution >= 4 is 69.2 Å². The predicted molar refractivity (Wildman–Crippen MR) is 43.9 cm³/mol. The third-order valence-corrected chi connectivity index (χ3v) is 2.78. The van der Waals surface area contributed by atoms with E-state index in [1.54, 1.807) is 0 Å². The van der Waals surface area contributed by atoms with Gasteiger partial charge in [-0.3, -0.25) is 11.3 Å². The van der Waals surface area contributed by atoms with E-state index in [2.05, 4.69) is 5.38 Å². The molecule has 0 aliphatic carbocycles. The molecule has 0 amide bonds. The molecule has 0 saturated heterocycles. The Balaban J connectivity index is 0. The number of thiophene rings is 1. The topological polar surface area (TPSA) is 0 Å². The molecule has 0 aromatic carbocycles. The fourth-order valence-electron chi connectivity index (χ4n) is 0.265. The minimum Gasteiger partial charge on any atom is -1.00 e. The van der Waals surface area contributed by atoms with Gasteiger partial charge in [0.2, 0.25) is 0 Å². The summed E-state index contributed by atoms with van der Waals surface area (Å²) in [5.41, 5.74) is 0. The van der Waals surface area contributed by atoms with Gasteiger partial charge in [0, 0.05) is 0 Å². The summed E-state index contributed by atoms with van der Waals surface area (Å²) in [6.45, 7) is 0. The molecule has 0 atom stereocenters. The van der Waals surface area contributed by atoms with E-state index in [0.29, 0.717) is 14.4 Å². The normalized spacial score (nSPS) is 7.90. The molecule has 0 unspecified atom stereocenters. The van der Waals surface area contributed by atoms with Gasteiger partial charge in [-0.2, -0.15) is 23.2 Å². The fraction of sp³-hybridized carbons (Fsp3) is 0. The molecule has 0 fully saturated rings. The Bertz CT molecular complexity index is 180. The maximum absolute atomic E-state index is 5.51. The molecule has 0 spiro atoms. The van der Waals surface area contributed by atoms with Crippen LogP contribution in [0.2, 0.25) is 14.4 Å². The molecule has 1 aromatic rings. The maximum Gasteiger partial charge on any atom is 2.00 e. The third-order valence-electron chi connectivity index (χ3n) is 0.596. The van der Waals surface area contributed by atoms with Crippen LogP contribution in [0.1, 0.15) is 0 Å². The van der Waals surface area contributed by atoms with Gasteiger partial charge in [0.05, 0.1) is 0 Å². The van der Waals surface area contributed by atoms with Gasteiger partial charge in [0.1, 0.15) is 0 Å². The van der Waals surface area contributed by atoms with E-state index in [-0.39, 0.29) is 35.5 Å². The van der Waals surface area contributed by atoms with Gasteiger partial charge >= 0.3 is 23.1 Å². The Kier molecular flexibility index (Phi) is 8.75. The first-order valence-corrected chi connectivity index (χ1v) is 3.68. The van der Waals surface area contributed by atoms with Crippen LogP contribution in [-0.4, -0.2) is 23.1 Å². The summed E-state index contributed by atoms with van der Waals surface area (Å²) in [5, 5.41) is 3.49. The van der Waals surface area contributed by atoms with Crippen molar-refractivity contribution in [1.82, 2.24) is 0 Å². The van der Waals surface area contributed by atoms with Crippen LogP contribution in [0.4, 0.5) is 0 Å². The Morgan fingerprint density at radius 3 is 1.80 bits per heavy atom. The summed E-state index contributed by atoms with van der Waals surface area (Å²) in [7, 11) is 0. The molecule has 52 valence electrons. The summed E-state index contributed by atoms with van der Waals surface area (Å²) < 4.78 is 0.497. The van der Waals surface area contributed by atoms with Crippen molar-refractivity contribution in [3.05, 3.63) is 19.8 Å². The van der Waals surface area contributed by atoms with Gasteiger partial charge in [-0.1, -0.05) is 10.0 Å². The van der Waals surface area contributed by atoms with Crippen LogP contribution in [-0.2, 0) is 0 Å². The predicted octanol–water partition coefficient (Wildman–Crippen LogP) is 0.132.